The number of thioether (sulfide) groups is 1. The summed E-state index contributed by atoms with van der Waals surface area (Å²) in [6, 6.07) is 10.8. The van der Waals surface area contributed by atoms with Crippen LogP contribution in [0.15, 0.2) is 46.4 Å². The number of hydrogen-bond acceptors (Lipinski definition) is 7. The van der Waals surface area contributed by atoms with E-state index >= 15 is 0 Å². The van der Waals surface area contributed by atoms with Crippen LogP contribution in [0, 0.1) is 28.6 Å². The van der Waals surface area contributed by atoms with Crippen molar-refractivity contribution in [1.29, 1.82) is 10.5 Å². The van der Waals surface area contributed by atoms with Crippen LogP contribution in [0.3, 0.4) is 0 Å². The van der Waals surface area contributed by atoms with Crippen molar-refractivity contribution in [1.82, 2.24) is 10.3 Å². The molecular weight excluding hydrogens is 418 g/mol. The maximum absolute atomic E-state index is 12.5. The first-order valence-electron chi connectivity index (χ1n) is 7.96. The molecule has 2 aromatic rings. The van der Waals surface area contributed by atoms with Crippen LogP contribution in [0.4, 0.5) is 5.13 Å². The van der Waals surface area contributed by atoms with E-state index in [1.54, 1.807) is 35.8 Å². The molecule has 0 saturated heterocycles. The summed E-state index contributed by atoms with van der Waals surface area (Å²) in [4.78, 5) is 28.5. The van der Waals surface area contributed by atoms with Gasteiger partial charge in [-0.3, -0.25) is 9.59 Å². The summed E-state index contributed by atoms with van der Waals surface area (Å²) in [5, 5.41) is 27.2. The van der Waals surface area contributed by atoms with Gasteiger partial charge in [-0.1, -0.05) is 41.6 Å². The van der Waals surface area contributed by atoms with Crippen molar-refractivity contribution in [3.05, 3.63) is 57.0 Å². The fourth-order valence-corrected chi connectivity index (χ4v) is 4.37. The molecule has 0 spiro atoms. The molecule has 1 aromatic heterocycles. The van der Waals surface area contributed by atoms with Crippen LogP contribution < -0.4 is 10.6 Å². The molecule has 1 aliphatic heterocycles. The zero-order valence-corrected chi connectivity index (χ0v) is 16.6. The van der Waals surface area contributed by atoms with Gasteiger partial charge in [0.25, 0.3) is 0 Å². The van der Waals surface area contributed by atoms with E-state index in [0.29, 0.717) is 15.7 Å². The van der Waals surface area contributed by atoms with Crippen LogP contribution in [0.2, 0.25) is 5.02 Å². The van der Waals surface area contributed by atoms with Crippen LogP contribution in [-0.4, -0.2) is 22.6 Å². The molecule has 140 valence electrons. The monoisotopic (exact) mass is 429 g/mol. The molecular formula is C18H12ClN5O2S2. The van der Waals surface area contributed by atoms with Crippen LogP contribution in [-0.2, 0) is 9.59 Å². The lowest BCUT2D eigenvalue weighted by Gasteiger charge is -2.29. The Kier molecular flexibility index (Phi) is 6.32. The molecule has 0 radical (unpaired) electrons. The second-order valence-corrected chi connectivity index (χ2v) is 7.91. The van der Waals surface area contributed by atoms with Gasteiger partial charge in [0, 0.05) is 22.5 Å². The number of allylic oxidation sites excluding steroid dienone is 1. The number of benzene rings is 1. The Balaban J connectivity index is 1.89. The molecule has 7 nitrogen and oxygen atoms in total. The molecule has 2 atom stereocenters. The van der Waals surface area contributed by atoms with Gasteiger partial charge in [-0.2, -0.15) is 10.5 Å². The summed E-state index contributed by atoms with van der Waals surface area (Å²) in [5.41, 5.74) is 0.721. The van der Waals surface area contributed by atoms with Gasteiger partial charge in [-0.25, -0.2) is 4.98 Å². The van der Waals surface area contributed by atoms with E-state index < -0.39 is 17.7 Å². The predicted molar refractivity (Wildman–Crippen MR) is 107 cm³/mol. The smallest absolute Gasteiger partial charge is 0.243 e. The average molecular weight is 430 g/mol. The summed E-state index contributed by atoms with van der Waals surface area (Å²) < 4.78 is 0. The Bertz CT molecular complexity index is 1020. The third kappa shape index (κ3) is 4.18. The fourth-order valence-electron chi connectivity index (χ4n) is 2.72. The lowest BCUT2D eigenvalue weighted by atomic mass is 9.79. The normalized spacial score (nSPS) is 18.8. The lowest BCUT2D eigenvalue weighted by molar-refractivity contribution is -0.123. The number of hydrogen-bond donors (Lipinski definition) is 2. The maximum atomic E-state index is 12.5. The highest BCUT2D eigenvalue weighted by Crippen LogP contribution is 2.41. The largest absolute Gasteiger partial charge is 0.319 e. The van der Waals surface area contributed by atoms with Crippen LogP contribution in [0.1, 0.15) is 11.5 Å². The van der Waals surface area contributed by atoms with Gasteiger partial charge in [0.05, 0.1) is 28.5 Å². The highest BCUT2D eigenvalue weighted by atomic mass is 35.5. The maximum Gasteiger partial charge on any atom is 0.243 e. The van der Waals surface area contributed by atoms with E-state index in [4.69, 9.17) is 11.6 Å². The van der Waals surface area contributed by atoms with Gasteiger partial charge in [0.2, 0.25) is 11.8 Å². The molecule has 10 heteroatoms. The molecule has 0 aliphatic carbocycles. The van der Waals surface area contributed by atoms with E-state index in [2.05, 4.69) is 21.7 Å². The lowest BCUT2D eigenvalue weighted by Crippen LogP contribution is -2.39. The topological polar surface area (TPSA) is 119 Å². The van der Waals surface area contributed by atoms with E-state index in [1.807, 2.05) is 6.07 Å². The standard InChI is InChI=1S/C18H12ClN5O2S2/c19-13-4-2-1-3-10(13)15-11(7-20)16(26)24-17(12(15)8-21)28-9-14(25)23-18-22-5-6-27-18/h1-6,11,15H,9H2,(H,24,26)(H,22,23,25). The van der Waals surface area contributed by atoms with Crippen molar-refractivity contribution in [2.45, 2.75) is 5.92 Å². The molecule has 0 saturated carbocycles. The molecule has 2 unspecified atom stereocenters. The summed E-state index contributed by atoms with van der Waals surface area (Å²) in [7, 11) is 0. The van der Waals surface area contributed by atoms with Crippen molar-refractivity contribution < 1.29 is 9.59 Å². The molecule has 2 heterocycles. The summed E-state index contributed by atoms with van der Waals surface area (Å²) in [6.45, 7) is 0. The fraction of sp³-hybridized carbons (Fsp3) is 0.167. The van der Waals surface area contributed by atoms with Crippen LogP contribution in [0.5, 0.6) is 0 Å². The summed E-state index contributed by atoms with van der Waals surface area (Å²) in [6.07, 6.45) is 1.57. The molecule has 0 fully saturated rings. The van der Waals surface area contributed by atoms with Crippen molar-refractivity contribution in [3.63, 3.8) is 0 Å². The SMILES string of the molecule is N#CC1=C(SCC(=O)Nc2nccs2)NC(=O)C(C#N)C1c1ccccc1Cl. The highest BCUT2D eigenvalue weighted by Gasteiger charge is 2.40. The van der Waals surface area contributed by atoms with Crippen LogP contribution in [0.25, 0.3) is 0 Å². The number of nitrogens with one attached hydrogen (secondary N) is 2. The van der Waals surface area contributed by atoms with Crippen LogP contribution >= 0.6 is 34.7 Å². The van der Waals surface area contributed by atoms with Gasteiger partial charge in [0.15, 0.2) is 5.13 Å². The number of halogens is 1. The Morgan fingerprint density at radius 2 is 2.18 bits per heavy atom. The third-order valence-electron chi connectivity index (χ3n) is 3.93. The minimum Gasteiger partial charge on any atom is -0.319 e. The number of anilines is 1. The Labute approximate surface area is 174 Å². The van der Waals surface area contributed by atoms with Crippen molar-refractivity contribution in [2.24, 2.45) is 5.92 Å². The molecule has 2 amide bonds. The number of thiazole rings is 1. The van der Waals surface area contributed by atoms with Crippen molar-refractivity contribution in [2.75, 3.05) is 11.1 Å². The Hall–Kier alpha value is -2.85. The minimum atomic E-state index is -1.09. The van der Waals surface area contributed by atoms with Gasteiger partial charge < -0.3 is 10.6 Å². The molecule has 28 heavy (non-hydrogen) atoms. The first-order valence-corrected chi connectivity index (χ1v) is 10.2. The van der Waals surface area contributed by atoms with E-state index in [9.17, 15) is 20.1 Å². The molecule has 1 aromatic carbocycles. The first kappa shape index (κ1) is 19.9. The number of rotatable bonds is 5. The first-order chi connectivity index (χ1) is 13.5. The van der Waals surface area contributed by atoms with Crippen molar-refractivity contribution >= 4 is 51.6 Å². The second kappa shape index (κ2) is 8.89. The zero-order valence-electron chi connectivity index (χ0n) is 14.2. The molecule has 0 bridgehead atoms. The number of nitrogens with zero attached hydrogens (tertiary/aromatic N) is 3. The van der Waals surface area contributed by atoms with E-state index in [1.165, 1.54) is 11.3 Å². The van der Waals surface area contributed by atoms with Gasteiger partial charge in [0.1, 0.15) is 5.92 Å². The number of amides is 2. The number of aromatic nitrogens is 1. The van der Waals surface area contributed by atoms with Gasteiger partial charge >= 0.3 is 0 Å². The predicted octanol–water partition coefficient (Wildman–Crippen LogP) is 3.26. The zero-order chi connectivity index (χ0) is 20.1. The van der Waals surface area contributed by atoms with Gasteiger partial charge in [-0.05, 0) is 11.6 Å². The van der Waals surface area contributed by atoms with E-state index in [-0.39, 0.29) is 22.3 Å². The second-order valence-electron chi connectivity index (χ2n) is 5.62. The Morgan fingerprint density at radius 3 is 2.82 bits per heavy atom. The summed E-state index contributed by atoms with van der Waals surface area (Å²) >= 11 is 8.56. The minimum absolute atomic E-state index is 0.0349. The molecule has 1 aliphatic rings. The number of carbonyl (C=O) groups is 2. The Morgan fingerprint density at radius 1 is 1.39 bits per heavy atom. The van der Waals surface area contributed by atoms with Crippen molar-refractivity contribution in [3.8, 4) is 12.1 Å². The molecule has 3 rings (SSSR count). The van der Waals surface area contributed by atoms with Gasteiger partial charge in [-0.15, -0.1) is 11.3 Å². The average Bonchev–Trinajstić information content (AvgIpc) is 3.19. The van der Waals surface area contributed by atoms with E-state index in [0.717, 1.165) is 11.8 Å². The number of nitriles is 2. The number of carbonyl (C=O) groups excluding carboxylic acids is 2. The summed E-state index contributed by atoms with van der Waals surface area (Å²) in [5.74, 6) is -2.79. The third-order valence-corrected chi connectivity index (χ3v) is 5.98. The molecule has 2 N–H and O–H groups in total. The highest BCUT2D eigenvalue weighted by molar-refractivity contribution is 8.03. The quantitative estimate of drug-likeness (QED) is 0.752.